The average Bonchev–Trinajstić information content (AvgIpc) is 2.85. The second-order valence-electron chi connectivity index (χ2n) is 8.83. The summed E-state index contributed by atoms with van der Waals surface area (Å²) in [6, 6.07) is 21.8. The predicted molar refractivity (Wildman–Crippen MR) is 136 cm³/mol. The molecule has 1 unspecified atom stereocenters. The molecule has 0 amide bonds. The summed E-state index contributed by atoms with van der Waals surface area (Å²) in [5.74, 6) is 1.25. The summed E-state index contributed by atoms with van der Waals surface area (Å²) in [5, 5.41) is 0. The quantitative estimate of drug-likeness (QED) is 0.254. The standard InChI is InChI=1S/C30H39NO/c1-4-6-8-9-10-22-32-29-19-17-28(18-20-29)27-15-13-26(14-16-27)24(3)30-21-12-25(23-31-30)11-7-5-2/h12-21,23-24H,4-11,22H2,1-3H3. The minimum atomic E-state index is 0.289. The molecular weight excluding hydrogens is 390 g/mol. The second kappa shape index (κ2) is 13.1. The van der Waals surface area contributed by atoms with E-state index in [4.69, 9.17) is 9.72 Å². The molecule has 170 valence electrons. The number of unbranched alkanes of at least 4 members (excludes halogenated alkanes) is 5. The van der Waals surface area contributed by atoms with Gasteiger partial charge in [0.05, 0.1) is 6.61 Å². The van der Waals surface area contributed by atoms with E-state index in [1.54, 1.807) is 0 Å². The number of pyridine rings is 1. The van der Waals surface area contributed by atoms with E-state index in [0.717, 1.165) is 30.9 Å². The Hall–Kier alpha value is -2.61. The van der Waals surface area contributed by atoms with E-state index in [2.05, 4.69) is 81.4 Å². The molecule has 0 N–H and O–H groups in total. The molecule has 0 radical (unpaired) electrons. The van der Waals surface area contributed by atoms with Gasteiger partial charge in [0.15, 0.2) is 0 Å². The molecular formula is C30H39NO. The van der Waals surface area contributed by atoms with Gasteiger partial charge in [0.2, 0.25) is 0 Å². The Morgan fingerprint density at radius 3 is 2.00 bits per heavy atom. The number of rotatable bonds is 13. The Morgan fingerprint density at radius 1 is 0.719 bits per heavy atom. The first-order valence-electron chi connectivity index (χ1n) is 12.5. The number of hydrogen-bond acceptors (Lipinski definition) is 2. The van der Waals surface area contributed by atoms with E-state index < -0.39 is 0 Å². The van der Waals surface area contributed by atoms with Gasteiger partial charge in [-0.25, -0.2) is 0 Å². The fourth-order valence-electron chi connectivity index (χ4n) is 4.00. The molecule has 0 saturated carbocycles. The van der Waals surface area contributed by atoms with Crippen LogP contribution in [-0.2, 0) is 6.42 Å². The molecule has 1 atom stereocenters. The summed E-state index contributed by atoms with van der Waals surface area (Å²) in [4.78, 5) is 4.73. The van der Waals surface area contributed by atoms with Gasteiger partial charge in [-0.3, -0.25) is 4.98 Å². The van der Waals surface area contributed by atoms with Gasteiger partial charge in [0, 0.05) is 17.8 Å². The first-order chi connectivity index (χ1) is 15.7. The average molecular weight is 430 g/mol. The first-order valence-corrected chi connectivity index (χ1v) is 12.5. The first kappa shape index (κ1) is 24.0. The van der Waals surface area contributed by atoms with Crippen LogP contribution >= 0.6 is 0 Å². The Kier molecular flexibility index (Phi) is 9.81. The zero-order valence-electron chi connectivity index (χ0n) is 20.1. The van der Waals surface area contributed by atoms with Crippen molar-refractivity contribution in [1.82, 2.24) is 4.98 Å². The van der Waals surface area contributed by atoms with Crippen LogP contribution < -0.4 is 4.74 Å². The van der Waals surface area contributed by atoms with Crippen LogP contribution in [0.1, 0.15) is 88.5 Å². The lowest BCUT2D eigenvalue weighted by atomic mass is 9.94. The van der Waals surface area contributed by atoms with Crippen molar-refractivity contribution in [2.24, 2.45) is 0 Å². The topological polar surface area (TPSA) is 22.1 Å². The number of aryl methyl sites for hydroxylation is 1. The third kappa shape index (κ3) is 7.22. The highest BCUT2D eigenvalue weighted by Crippen LogP contribution is 2.27. The molecule has 1 heterocycles. The van der Waals surface area contributed by atoms with Crippen LogP contribution in [-0.4, -0.2) is 11.6 Å². The second-order valence-corrected chi connectivity index (χ2v) is 8.83. The third-order valence-electron chi connectivity index (χ3n) is 6.23. The summed E-state index contributed by atoms with van der Waals surface area (Å²) < 4.78 is 5.90. The van der Waals surface area contributed by atoms with Crippen molar-refractivity contribution in [3.05, 3.63) is 83.7 Å². The van der Waals surface area contributed by atoms with Crippen molar-refractivity contribution in [1.29, 1.82) is 0 Å². The molecule has 3 rings (SSSR count). The van der Waals surface area contributed by atoms with Gasteiger partial charge in [-0.15, -0.1) is 0 Å². The van der Waals surface area contributed by atoms with Gasteiger partial charge in [0.25, 0.3) is 0 Å². The van der Waals surface area contributed by atoms with E-state index >= 15 is 0 Å². The Labute approximate surface area is 195 Å². The van der Waals surface area contributed by atoms with Crippen molar-refractivity contribution >= 4 is 0 Å². The smallest absolute Gasteiger partial charge is 0.119 e. The molecule has 32 heavy (non-hydrogen) atoms. The Morgan fingerprint density at radius 2 is 1.38 bits per heavy atom. The summed E-state index contributed by atoms with van der Waals surface area (Å²) in [6.45, 7) is 7.52. The van der Waals surface area contributed by atoms with Crippen LogP contribution in [0.2, 0.25) is 0 Å². The van der Waals surface area contributed by atoms with Crippen molar-refractivity contribution in [3.8, 4) is 16.9 Å². The highest BCUT2D eigenvalue weighted by atomic mass is 16.5. The van der Waals surface area contributed by atoms with E-state index in [-0.39, 0.29) is 5.92 Å². The fraction of sp³-hybridized carbons (Fsp3) is 0.433. The van der Waals surface area contributed by atoms with Crippen molar-refractivity contribution < 1.29 is 4.74 Å². The minimum Gasteiger partial charge on any atom is -0.494 e. The van der Waals surface area contributed by atoms with Crippen LogP contribution in [0.3, 0.4) is 0 Å². The van der Waals surface area contributed by atoms with Crippen LogP contribution in [0.5, 0.6) is 5.75 Å². The van der Waals surface area contributed by atoms with Gasteiger partial charge in [-0.1, -0.05) is 95.3 Å². The van der Waals surface area contributed by atoms with Crippen LogP contribution in [0, 0.1) is 0 Å². The minimum absolute atomic E-state index is 0.289. The zero-order chi connectivity index (χ0) is 22.6. The van der Waals surface area contributed by atoms with Crippen LogP contribution in [0.15, 0.2) is 66.9 Å². The molecule has 0 bridgehead atoms. The van der Waals surface area contributed by atoms with Crippen molar-refractivity contribution in [2.75, 3.05) is 6.61 Å². The summed E-state index contributed by atoms with van der Waals surface area (Å²) in [5.41, 5.74) is 6.22. The molecule has 0 aliphatic heterocycles. The Bertz CT molecular complexity index is 897. The van der Waals surface area contributed by atoms with Gasteiger partial charge in [-0.05, 0) is 59.7 Å². The van der Waals surface area contributed by atoms with Crippen molar-refractivity contribution in [2.45, 2.75) is 78.1 Å². The van der Waals surface area contributed by atoms with E-state index in [1.807, 2.05) is 6.20 Å². The molecule has 2 nitrogen and oxygen atoms in total. The normalized spacial score (nSPS) is 12.0. The monoisotopic (exact) mass is 429 g/mol. The van der Waals surface area contributed by atoms with Crippen LogP contribution in [0.4, 0.5) is 0 Å². The van der Waals surface area contributed by atoms with Gasteiger partial charge < -0.3 is 4.74 Å². The number of nitrogens with zero attached hydrogens (tertiary/aromatic N) is 1. The highest BCUT2D eigenvalue weighted by molar-refractivity contribution is 5.64. The summed E-state index contributed by atoms with van der Waals surface area (Å²) in [6.07, 6.45) is 11.9. The molecule has 3 aromatic rings. The molecule has 0 aliphatic rings. The fourth-order valence-corrected chi connectivity index (χ4v) is 4.00. The number of hydrogen-bond donors (Lipinski definition) is 0. The third-order valence-corrected chi connectivity index (χ3v) is 6.23. The van der Waals surface area contributed by atoms with Gasteiger partial charge in [-0.2, -0.15) is 0 Å². The maximum atomic E-state index is 5.90. The maximum absolute atomic E-state index is 5.90. The van der Waals surface area contributed by atoms with Crippen LogP contribution in [0.25, 0.3) is 11.1 Å². The molecule has 0 spiro atoms. The number of ether oxygens (including phenoxy) is 1. The van der Waals surface area contributed by atoms with Gasteiger partial charge in [0.1, 0.15) is 5.75 Å². The Balaban J connectivity index is 1.54. The van der Waals surface area contributed by atoms with E-state index in [9.17, 15) is 0 Å². The lowest BCUT2D eigenvalue weighted by Gasteiger charge is -2.13. The molecule has 0 fully saturated rings. The molecule has 0 saturated heterocycles. The lowest BCUT2D eigenvalue weighted by molar-refractivity contribution is 0.304. The number of aromatic nitrogens is 1. The summed E-state index contributed by atoms with van der Waals surface area (Å²) >= 11 is 0. The largest absolute Gasteiger partial charge is 0.494 e. The molecule has 2 aromatic carbocycles. The SMILES string of the molecule is CCCCCCCOc1ccc(-c2ccc(C(C)c3ccc(CCCC)cn3)cc2)cc1. The number of benzene rings is 2. The van der Waals surface area contributed by atoms with E-state index in [0.29, 0.717) is 0 Å². The van der Waals surface area contributed by atoms with Gasteiger partial charge >= 0.3 is 0 Å². The summed E-state index contributed by atoms with van der Waals surface area (Å²) in [7, 11) is 0. The highest BCUT2D eigenvalue weighted by Gasteiger charge is 2.10. The van der Waals surface area contributed by atoms with E-state index in [1.165, 1.54) is 60.8 Å². The van der Waals surface area contributed by atoms with Crippen molar-refractivity contribution in [3.63, 3.8) is 0 Å². The predicted octanol–water partition coefficient (Wildman–Crippen LogP) is 8.59. The molecule has 2 heteroatoms. The molecule has 0 aliphatic carbocycles. The lowest BCUT2D eigenvalue weighted by Crippen LogP contribution is -2.00. The zero-order valence-corrected chi connectivity index (χ0v) is 20.1. The molecule has 1 aromatic heterocycles. The maximum Gasteiger partial charge on any atom is 0.119 e.